The van der Waals surface area contributed by atoms with E-state index in [4.69, 9.17) is 21.4 Å². The van der Waals surface area contributed by atoms with Crippen LogP contribution in [0.15, 0.2) is 188 Å². The van der Waals surface area contributed by atoms with E-state index >= 15 is 0 Å². The molecular weight excluding hydrogens is 617 g/mol. The standard InChI is InChI=1S/C22H16N2.C14H16N2.C8H6O2/c1-4-10-17(11-5-1)20-16-23-21(18-12-6-2-7-13-18)22(24-20)19-14-8-3-9-15-19;15-13(11-7-3-1-4-8-11)14(16)12-9-5-2-6-10-12;9-6-8(10)7-4-2-1-3-5-7/h1-16H;1-10,13-14H,15-16H2;1-6H. The Labute approximate surface area is 293 Å². The van der Waals surface area contributed by atoms with Gasteiger partial charge in [0, 0.05) is 34.3 Å². The lowest BCUT2D eigenvalue weighted by molar-refractivity contribution is -0.104. The van der Waals surface area contributed by atoms with E-state index in [0.29, 0.717) is 11.8 Å². The van der Waals surface area contributed by atoms with E-state index in [0.717, 1.165) is 44.9 Å². The van der Waals surface area contributed by atoms with Crippen LogP contribution < -0.4 is 11.5 Å². The summed E-state index contributed by atoms with van der Waals surface area (Å²) in [6, 6.07) is 58.6. The average Bonchev–Trinajstić information content (AvgIpc) is 3.22. The van der Waals surface area contributed by atoms with Crippen LogP contribution in [-0.4, -0.2) is 22.0 Å². The molecule has 2 unspecified atom stereocenters. The molecule has 0 aliphatic rings. The molecule has 50 heavy (non-hydrogen) atoms. The normalized spacial score (nSPS) is 11.4. The van der Waals surface area contributed by atoms with Gasteiger partial charge in [0.05, 0.1) is 23.3 Å². The number of hydrogen-bond acceptors (Lipinski definition) is 6. The van der Waals surface area contributed by atoms with Gasteiger partial charge in [-0.15, -0.1) is 0 Å². The molecular formula is C44H38N4O2. The van der Waals surface area contributed by atoms with Crippen molar-refractivity contribution in [3.05, 3.63) is 205 Å². The first-order chi connectivity index (χ1) is 24.5. The van der Waals surface area contributed by atoms with E-state index < -0.39 is 5.78 Å². The zero-order chi connectivity index (χ0) is 35.0. The Morgan fingerprint density at radius 1 is 0.480 bits per heavy atom. The SMILES string of the molecule is NC(c1ccccc1)C(N)c1ccccc1.O=CC(=O)c1ccccc1.c1ccc(-c2cnc(-c3ccccc3)c(-c3ccccc3)n2)cc1. The maximum absolute atomic E-state index is 10.6. The molecule has 0 spiro atoms. The molecule has 6 nitrogen and oxygen atoms in total. The quantitative estimate of drug-likeness (QED) is 0.0961. The highest BCUT2D eigenvalue weighted by Gasteiger charge is 2.16. The highest BCUT2D eigenvalue weighted by atomic mass is 16.2. The fraction of sp³-hybridized carbons (Fsp3) is 0.0455. The van der Waals surface area contributed by atoms with Gasteiger partial charge in [-0.05, 0) is 11.1 Å². The lowest BCUT2D eigenvalue weighted by Crippen LogP contribution is -2.26. The second-order valence-electron chi connectivity index (χ2n) is 11.3. The van der Waals surface area contributed by atoms with Crippen LogP contribution in [0.1, 0.15) is 33.6 Å². The molecule has 0 fully saturated rings. The van der Waals surface area contributed by atoms with Crippen LogP contribution in [-0.2, 0) is 4.79 Å². The fourth-order valence-corrected chi connectivity index (χ4v) is 5.18. The van der Waals surface area contributed by atoms with Crippen molar-refractivity contribution in [3.63, 3.8) is 0 Å². The van der Waals surface area contributed by atoms with Crippen molar-refractivity contribution in [1.82, 2.24) is 9.97 Å². The molecule has 6 heteroatoms. The number of ketones is 1. The third-order valence-corrected chi connectivity index (χ3v) is 7.86. The van der Waals surface area contributed by atoms with E-state index in [1.54, 1.807) is 30.3 Å². The van der Waals surface area contributed by atoms with Gasteiger partial charge in [-0.3, -0.25) is 14.6 Å². The van der Waals surface area contributed by atoms with E-state index in [-0.39, 0.29) is 12.1 Å². The number of Topliss-reactive ketones (excluding diaryl/α,β-unsaturated/α-hetero) is 1. The zero-order valence-corrected chi connectivity index (χ0v) is 27.5. The smallest absolute Gasteiger partial charge is 0.225 e. The lowest BCUT2D eigenvalue weighted by Gasteiger charge is -2.20. The molecule has 7 rings (SSSR count). The number of hydrogen-bond donors (Lipinski definition) is 2. The van der Waals surface area contributed by atoms with Gasteiger partial charge in [0.25, 0.3) is 0 Å². The second-order valence-corrected chi connectivity index (χ2v) is 11.3. The summed E-state index contributed by atoms with van der Waals surface area (Å²) in [6.45, 7) is 0. The molecule has 0 radical (unpaired) electrons. The maximum Gasteiger partial charge on any atom is 0.225 e. The van der Waals surface area contributed by atoms with E-state index in [9.17, 15) is 9.59 Å². The summed E-state index contributed by atoms with van der Waals surface area (Å²) >= 11 is 0. The molecule has 1 aromatic heterocycles. The van der Waals surface area contributed by atoms with E-state index in [1.807, 2.05) is 121 Å². The molecule has 0 saturated heterocycles. The van der Waals surface area contributed by atoms with Crippen LogP contribution in [0, 0.1) is 0 Å². The fourth-order valence-electron chi connectivity index (χ4n) is 5.18. The van der Waals surface area contributed by atoms with Crippen LogP contribution in [0.2, 0.25) is 0 Å². The van der Waals surface area contributed by atoms with Gasteiger partial charge in [0.2, 0.25) is 5.78 Å². The number of aromatic nitrogens is 2. The van der Waals surface area contributed by atoms with Gasteiger partial charge >= 0.3 is 0 Å². The van der Waals surface area contributed by atoms with Crippen molar-refractivity contribution in [1.29, 1.82) is 0 Å². The first kappa shape index (κ1) is 35.0. The van der Waals surface area contributed by atoms with Gasteiger partial charge in [-0.1, -0.05) is 182 Å². The van der Waals surface area contributed by atoms with Gasteiger partial charge in [0.1, 0.15) is 0 Å². The average molecular weight is 655 g/mol. The van der Waals surface area contributed by atoms with Crippen LogP contribution >= 0.6 is 0 Å². The van der Waals surface area contributed by atoms with Crippen molar-refractivity contribution < 1.29 is 9.59 Å². The number of carbonyl (C=O) groups is 2. The molecule has 0 bridgehead atoms. The monoisotopic (exact) mass is 654 g/mol. The Kier molecular flexibility index (Phi) is 12.8. The molecule has 0 amide bonds. The van der Waals surface area contributed by atoms with Crippen LogP contribution in [0.5, 0.6) is 0 Å². The van der Waals surface area contributed by atoms with Crippen molar-refractivity contribution in [2.45, 2.75) is 12.1 Å². The van der Waals surface area contributed by atoms with E-state index in [1.165, 1.54) is 0 Å². The number of nitrogens with zero attached hydrogens (tertiary/aromatic N) is 2. The van der Waals surface area contributed by atoms with Crippen molar-refractivity contribution in [2.24, 2.45) is 11.5 Å². The third kappa shape index (κ3) is 9.61. The zero-order valence-electron chi connectivity index (χ0n) is 27.5. The molecule has 246 valence electrons. The molecule has 0 aliphatic heterocycles. The van der Waals surface area contributed by atoms with Crippen LogP contribution in [0.4, 0.5) is 0 Å². The van der Waals surface area contributed by atoms with Crippen LogP contribution in [0.3, 0.4) is 0 Å². The lowest BCUT2D eigenvalue weighted by atomic mass is 9.95. The third-order valence-electron chi connectivity index (χ3n) is 7.86. The van der Waals surface area contributed by atoms with Gasteiger partial charge < -0.3 is 11.5 Å². The van der Waals surface area contributed by atoms with Crippen LogP contribution in [0.25, 0.3) is 33.8 Å². The Hall–Kier alpha value is -6.34. The molecule has 0 aliphatic carbocycles. The predicted molar refractivity (Wildman–Crippen MR) is 202 cm³/mol. The molecule has 6 aromatic carbocycles. The summed E-state index contributed by atoms with van der Waals surface area (Å²) in [5, 5.41) is 0. The van der Waals surface area contributed by atoms with E-state index in [2.05, 4.69) is 36.4 Å². The van der Waals surface area contributed by atoms with Crippen molar-refractivity contribution >= 4 is 12.1 Å². The summed E-state index contributed by atoms with van der Waals surface area (Å²) in [5.74, 6) is -0.472. The summed E-state index contributed by atoms with van der Waals surface area (Å²) in [7, 11) is 0. The minimum atomic E-state index is -0.472. The van der Waals surface area contributed by atoms with Gasteiger partial charge in [0.15, 0.2) is 6.29 Å². The largest absolute Gasteiger partial charge is 0.322 e. The van der Waals surface area contributed by atoms with Crippen molar-refractivity contribution in [2.75, 3.05) is 0 Å². The summed E-state index contributed by atoms with van der Waals surface area (Å²) < 4.78 is 0. The topological polar surface area (TPSA) is 112 Å². The molecule has 4 N–H and O–H groups in total. The van der Waals surface area contributed by atoms with Gasteiger partial charge in [-0.25, -0.2) is 4.98 Å². The number of nitrogens with two attached hydrogens (primary N) is 2. The van der Waals surface area contributed by atoms with Gasteiger partial charge in [-0.2, -0.15) is 0 Å². The Morgan fingerprint density at radius 2 is 0.840 bits per heavy atom. The minimum absolute atomic E-state index is 0.163. The highest BCUT2D eigenvalue weighted by Crippen LogP contribution is 2.31. The molecule has 7 aromatic rings. The summed E-state index contributed by atoms with van der Waals surface area (Å²) in [6.07, 6.45) is 2.17. The molecule has 1 heterocycles. The van der Waals surface area contributed by atoms with Crippen molar-refractivity contribution in [3.8, 4) is 33.8 Å². The Morgan fingerprint density at radius 3 is 1.26 bits per heavy atom. The number of carbonyl (C=O) groups excluding carboxylic acids is 2. The first-order valence-electron chi connectivity index (χ1n) is 16.2. The minimum Gasteiger partial charge on any atom is -0.322 e. The Balaban J connectivity index is 0.000000161. The number of rotatable bonds is 8. The maximum atomic E-state index is 10.6. The predicted octanol–water partition coefficient (Wildman–Crippen LogP) is 8.93. The Bertz CT molecular complexity index is 2000. The summed E-state index contributed by atoms with van der Waals surface area (Å²) in [4.78, 5) is 30.3. The number of benzene rings is 6. The first-order valence-corrected chi connectivity index (χ1v) is 16.2. The molecule has 2 atom stereocenters. The molecule has 0 saturated carbocycles. The summed E-state index contributed by atoms with van der Waals surface area (Å²) in [5.41, 5.74) is 20.8. The highest BCUT2D eigenvalue weighted by molar-refractivity contribution is 6.33. The second kappa shape index (κ2) is 18.3. The number of aldehydes is 1.